The molecule has 1 amide bonds. The van der Waals surface area contributed by atoms with Gasteiger partial charge in [-0.05, 0) is 37.0 Å². The quantitative estimate of drug-likeness (QED) is 0.785. The van der Waals surface area contributed by atoms with E-state index in [0.29, 0.717) is 31.4 Å². The number of amides is 1. The van der Waals surface area contributed by atoms with Gasteiger partial charge in [0.2, 0.25) is 5.91 Å². The molecule has 2 rings (SSSR count). The van der Waals surface area contributed by atoms with Crippen LogP contribution in [0.25, 0.3) is 0 Å². The summed E-state index contributed by atoms with van der Waals surface area (Å²) in [6, 6.07) is 6.16. The summed E-state index contributed by atoms with van der Waals surface area (Å²) in [6.45, 7) is 0.336. The molecule has 1 aromatic rings. The summed E-state index contributed by atoms with van der Waals surface area (Å²) in [7, 11) is 0. The second-order valence-corrected chi connectivity index (χ2v) is 5.20. The zero-order valence-corrected chi connectivity index (χ0v) is 11.2. The van der Waals surface area contributed by atoms with Gasteiger partial charge in [-0.15, -0.1) is 0 Å². The fourth-order valence-electron chi connectivity index (χ4n) is 2.57. The maximum Gasteiger partial charge on any atom is 0.303 e. The first-order valence-electron chi connectivity index (χ1n) is 6.81. The van der Waals surface area contributed by atoms with E-state index in [4.69, 9.17) is 5.11 Å². The highest BCUT2D eigenvalue weighted by molar-refractivity contribution is 5.89. The van der Waals surface area contributed by atoms with Crippen molar-refractivity contribution in [3.63, 3.8) is 0 Å². The summed E-state index contributed by atoms with van der Waals surface area (Å²) in [4.78, 5) is 22.7. The molecule has 1 saturated carbocycles. The van der Waals surface area contributed by atoms with E-state index < -0.39 is 11.4 Å². The predicted octanol–water partition coefficient (Wildman–Crippen LogP) is 2.23. The van der Waals surface area contributed by atoms with Crippen LogP contribution in [0.3, 0.4) is 0 Å². The molecule has 0 spiro atoms. The van der Waals surface area contributed by atoms with Gasteiger partial charge in [-0.1, -0.05) is 18.6 Å². The number of carbonyl (C=O) groups is 2. The number of carbonyl (C=O) groups excluding carboxylic acids is 1. The Labute approximate surface area is 117 Å². The molecule has 20 heavy (non-hydrogen) atoms. The van der Waals surface area contributed by atoms with Gasteiger partial charge in [-0.3, -0.25) is 9.59 Å². The Morgan fingerprint density at radius 3 is 2.65 bits per heavy atom. The number of rotatable bonds is 6. The lowest BCUT2D eigenvalue weighted by Crippen LogP contribution is -2.49. The van der Waals surface area contributed by atoms with Gasteiger partial charge in [-0.2, -0.15) is 0 Å². The molecule has 0 aromatic heterocycles. The molecule has 4 nitrogen and oxygen atoms in total. The normalized spacial score (nSPS) is 16.2. The summed E-state index contributed by atoms with van der Waals surface area (Å²) < 4.78 is 13.3. The maximum atomic E-state index is 13.3. The van der Waals surface area contributed by atoms with Gasteiger partial charge in [0.25, 0.3) is 0 Å². The number of benzene rings is 1. The van der Waals surface area contributed by atoms with E-state index in [0.717, 1.165) is 6.42 Å². The number of aliphatic carboxylic acids is 1. The van der Waals surface area contributed by atoms with Crippen LogP contribution in [-0.2, 0) is 15.0 Å². The topological polar surface area (TPSA) is 66.4 Å². The molecule has 0 bridgehead atoms. The molecule has 0 saturated heterocycles. The molecule has 0 unspecified atom stereocenters. The van der Waals surface area contributed by atoms with Crippen LogP contribution in [0.15, 0.2) is 24.3 Å². The molecule has 1 fully saturated rings. The lowest BCUT2D eigenvalue weighted by molar-refractivity contribution is -0.137. The standard InChI is InChI=1S/C15H18FNO3/c16-12-5-1-4-11(10-12)15(7-3-8-15)14(20)17-9-2-6-13(18)19/h1,4-5,10H,2-3,6-9H2,(H,17,20)(H,18,19). The first-order chi connectivity index (χ1) is 9.54. The number of carboxylic acids is 1. The molecule has 5 heteroatoms. The Bertz CT molecular complexity index is 512. The molecule has 0 radical (unpaired) electrons. The van der Waals surface area contributed by atoms with E-state index in [-0.39, 0.29) is 18.1 Å². The summed E-state index contributed by atoms with van der Waals surface area (Å²) in [6.07, 6.45) is 2.80. The zero-order chi connectivity index (χ0) is 14.6. The van der Waals surface area contributed by atoms with Crippen LogP contribution in [-0.4, -0.2) is 23.5 Å². The van der Waals surface area contributed by atoms with Crippen LogP contribution in [0.5, 0.6) is 0 Å². The van der Waals surface area contributed by atoms with E-state index in [1.807, 2.05) is 0 Å². The van der Waals surface area contributed by atoms with Crippen LogP contribution in [0.2, 0.25) is 0 Å². The van der Waals surface area contributed by atoms with Crippen molar-refractivity contribution < 1.29 is 19.1 Å². The number of nitrogens with one attached hydrogen (secondary N) is 1. The average Bonchev–Trinajstić information content (AvgIpc) is 2.33. The van der Waals surface area contributed by atoms with Crippen molar-refractivity contribution in [2.24, 2.45) is 0 Å². The van der Waals surface area contributed by atoms with Gasteiger partial charge in [0.1, 0.15) is 5.82 Å². The van der Waals surface area contributed by atoms with Crippen molar-refractivity contribution >= 4 is 11.9 Å². The fraction of sp³-hybridized carbons (Fsp3) is 0.467. The van der Waals surface area contributed by atoms with E-state index in [9.17, 15) is 14.0 Å². The van der Waals surface area contributed by atoms with Gasteiger partial charge in [0.05, 0.1) is 5.41 Å². The van der Waals surface area contributed by atoms with Crippen LogP contribution >= 0.6 is 0 Å². The monoisotopic (exact) mass is 279 g/mol. The van der Waals surface area contributed by atoms with E-state index >= 15 is 0 Å². The van der Waals surface area contributed by atoms with Crippen LogP contribution in [0.1, 0.15) is 37.7 Å². The van der Waals surface area contributed by atoms with Crippen molar-refractivity contribution in [1.82, 2.24) is 5.32 Å². The maximum absolute atomic E-state index is 13.3. The minimum Gasteiger partial charge on any atom is -0.481 e. The van der Waals surface area contributed by atoms with Crippen molar-refractivity contribution in [3.8, 4) is 0 Å². The third kappa shape index (κ3) is 2.98. The molecule has 1 aliphatic carbocycles. The molecule has 1 aliphatic rings. The molecule has 0 atom stereocenters. The van der Waals surface area contributed by atoms with E-state index in [1.165, 1.54) is 12.1 Å². The highest BCUT2D eigenvalue weighted by atomic mass is 19.1. The summed E-state index contributed by atoms with van der Waals surface area (Å²) >= 11 is 0. The van der Waals surface area contributed by atoms with Gasteiger partial charge in [-0.25, -0.2) is 4.39 Å². The Morgan fingerprint density at radius 2 is 2.10 bits per heavy atom. The third-order valence-corrected chi connectivity index (χ3v) is 3.87. The summed E-state index contributed by atoms with van der Waals surface area (Å²) in [5, 5.41) is 11.3. The highest BCUT2D eigenvalue weighted by Gasteiger charge is 2.45. The number of hydrogen-bond acceptors (Lipinski definition) is 2. The lowest BCUT2D eigenvalue weighted by atomic mass is 9.64. The first kappa shape index (κ1) is 14.5. The SMILES string of the molecule is O=C(O)CCCNC(=O)C1(c2cccc(F)c2)CCC1. The van der Waals surface area contributed by atoms with Gasteiger partial charge in [0.15, 0.2) is 0 Å². The largest absolute Gasteiger partial charge is 0.481 e. The van der Waals surface area contributed by atoms with Gasteiger partial charge in [0, 0.05) is 13.0 Å². The third-order valence-electron chi connectivity index (χ3n) is 3.87. The lowest BCUT2D eigenvalue weighted by Gasteiger charge is -2.40. The predicted molar refractivity (Wildman–Crippen MR) is 71.8 cm³/mol. The van der Waals surface area contributed by atoms with Crippen molar-refractivity contribution in [3.05, 3.63) is 35.6 Å². The Balaban J connectivity index is 2.00. The molecule has 108 valence electrons. The highest BCUT2D eigenvalue weighted by Crippen LogP contribution is 2.44. The second kappa shape index (κ2) is 6.03. The number of hydrogen-bond donors (Lipinski definition) is 2. The second-order valence-electron chi connectivity index (χ2n) is 5.20. The fourth-order valence-corrected chi connectivity index (χ4v) is 2.57. The Kier molecular flexibility index (Phi) is 4.37. The number of carboxylic acid groups (broad SMARTS) is 1. The van der Waals surface area contributed by atoms with E-state index in [1.54, 1.807) is 12.1 Å². The zero-order valence-electron chi connectivity index (χ0n) is 11.2. The molecule has 0 aliphatic heterocycles. The van der Waals surface area contributed by atoms with Crippen LogP contribution < -0.4 is 5.32 Å². The minimum atomic E-state index is -0.872. The van der Waals surface area contributed by atoms with E-state index in [2.05, 4.69) is 5.32 Å². The van der Waals surface area contributed by atoms with Gasteiger partial charge >= 0.3 is 5.97 Å². The number of halogens is 1. The first-order valence-corrected chi connectivity index (χ1v) is 6.81. The van der Waals surface area contributed by atoms with Crippen molar-refractivity contribution in [2.45, 2.75) is 37.5 Å². The van der Waals surface area contributed by atoms with Crippen LogP contribution in [0, 0.1) is 5.82 Å². The average molecular weight is 279 g/mol. The molecule has 1 aromatic carbocycles. The summed E-state index contributed by atoms with van der Waals surface area (Å²) in [5.41, 5.74) is 0.0742. The minimum absolute atomic E-state index is 0.0350. The molecule has 0 heterocycles. The molecular weight excluding hydrogens is 261 g/mol. The Morgan fingerprint density at radius 1 is 1.35 bits per heavy atom. The smallest absolute Gasteiger partial charge is 0.303 e. The molecular formula is C15H18FNO3. The Hall–Kier alpha value is -1.91. The van der Waals surface area contributed by atoms with Gasteiger partial charge < -0.3 is 10.4 Å². The summed E-state index contributed by atoms with van der Waals surface area (Å²) in [5.74, 6) is -1.34. The van der Waals surface area contributed by atoms with Crippen molar-refractivity contribution in [1.29, 1.82) is 0 Å². The van der Waals surface area contributed by atoms with Crippen LogP contribution in [0.4, 0.5) is 4.39 Å². The van der Waals surface area contributed by atoms with Crippen molar-refractivity contribution in [2.75, 3.05) is 6.54 Å². The molecule has 2 N–H and O–H groups in total.